The van der Waals surface area contributed by atoms with E-state index in [-0.39, 0.29) is 17.9 Å². The summed E-state index contributed by atoms with van der Waals surface area (Å²) in [6.45, 7) is 11.2. The van der Waals surface area contributed by atoms with Gasteiger partial charge >= 0.3 is 0 Å². The molecule has 0 aliphatic carbocycles. The van der Waals surface area contributed by atoms with E-state index in [9.17, 15) is 0 Å². The van der Waals surface area contributed by atoms with E-state index in [0.29, 0.717) is 0 Å². The quantitative estimate of drug-likeness (QED) is 0.682. The van der Waals surface area contributed by atoms with Crippen LogP contribution in [-0.4, -0.2) is 69.8 Å². The zero-order valence-corrected chi connectivity index (χ0v) is 12.4. The Labute approximate surface area is 111 Å². The van der Waals surface area contributed by atoms with Crippen LogP contribution in [0.25, 0.3) is 0 Å². The van der Waals surface area contributed by atoms with Crippen molar-refractivity contribution < 1.29 is 14.2 Å². The van der Waals surface area contributed by atoms with E-state index < -0.39 is 0 Å². The zero-order valence-electron chi connectivity index (χ0n) is 12.4. The van der Waals surface area contributed by atoms with Crippen LogP contribution in [0.4, 0.5) is 0 Å². The minimum absolute atomic E-state index is 0.115. The van der Waals surface area contributed by atoms with Crippen LogP contribution in [0.15, 0.2) is 0 Å². The Morgan fingerprint density at radius 1 is 1.22 bits per heavy atom. The van der Waals surface area contributed by atoms with E-state index >= 15 is 0 Å². The van der Waals surface area contributed by atoms with Gasteiger partial charge in [0.1, 0.15) is 0 Å². The van der Waals surface area contributed by atoms with Gasteiger partial charge in [0.05, 0.1) is 19.3 Å². The number of nitrogens with one attached hydrogen (secondary N) is 1. The fraction of sp³-hybridized carbons (Fsp3) is 1.00. The lowest BCUT2D eigenvalue weighted by atomic mass is 10.0. The predicted octanol–water partition coefficient (Wildman–Crippen LogP) is 0.694. The molecule has 1 saturated heterocycles. The summed E-state index contributed by atoms with van der Waals surface area (Å²) in [6, 6.07) is 0.167. The van der Waals surface area contributed by atoms with Crippen LogP contribution in [0.5, 0.6) is 0 Å². The molecule has 1 aliphatic heterocycles. The fourth-order valence-electron chi connectivity index (χ4n) is 2.29. The normalized spacial score (nSPS) is 20.3. The maximum absolute atomic E-state index is 5.39. The Bertz CT molecular complexity index is 226. The van der Waals surface area contributed by atoms with E-state index in [0.717, 1.165) is 32.8 Å². The summed E-state index contributed by atoms with van der Waals surface area (Å²) in [6.07, 6.45) is -0.203. The van der Waals surface area contributed by atoms with E-state index in [4.69, 9.17) is 14.2 Å². The van der Waals surface area contributed by atoms with Crippen LogP contribution in [0.3, 0.4) is 0 Å². The molecule has 1 atom stereocenters. The Kier molecular flexibility index (Phi) is 6.52. The van der Waals surface area contributed by atoms with Gasteiger partial charge in [-0.05, 0) is 20.8 Å². The number of rotatable bonds is 7. The lowest BCUT2D eigenvalue weighted by Crippen LogP contribution is -2.56. The lowest BCUT2D eigenvalue weighted by Gasteiger charge is -2.41. The first kappa shape index (κ1) is 15.9. The first-order valence-corrected chi connectivity index (χ1v) is 6.63. The molecule has 0 bridgehead atoms. The van der Waals surface area contributed by atoms with E-state index in [2.05, 4.69) is 31.0 Å². The van der Waals surface area contributed by atoms with E-state index in [1.807, 2.05) is 0 Å². The van der Waals surface area contributed by atoms with Crippen LogP contribution in [0.2, 0.25) is 0 Å². The van der Waals surface area contributed by atoms with Crippen LogP contribution in [-0.2, 0) is 14.2 Å². The molecule has 0 aromatic carbocycles. The van der Waals surface area contributed by atoms with Gasteiger partial charge in [-0.3, -0.25) is 4.90 Å². The minimum Gasteiger partial charge on any atom is -0.379 e. The Balaban J connectivity index is 2.39. The van der Waals surface area contributed by atoms with Gasteiger partial charge in [0.25, 0.3) is 0 Å². The summed E-state index contributed by atoms with van der Waals surface area (Å²) >= 11 is 0. The molecule has 1 rings (SSSR count). The van der Waals surface area contributed by atoms with E-state index in [1.165, 1.54) is 0 Å². The second kappa shape index (κ2) is 7.40. The van der Waals surface area contributed by atoms with Gasteiger partial charge in [-0.2, -0.15) is 0 Å². The van der Waals surface area contributed by atoms with Crippen molar-refractivity contribution in [3.05, 3.63) is 0 Å². The van der Waals surface area contributed by atoms with Crippen molar-refractivity contribution in [2.75, 3.05) is 47.1 Å². The van der Waals surface area contributed by atoms with Crippen molar-refractivity contribution in [3.8, 4) is 0 Å². The van der Waals surface area contributed by atoms with Gasteiger partial charge in [-0.1, -0.05) is 0 Å². The van der Waals surface area contributed by atoms with Crippen LogP contribution in [0, 0.1) is 0 Å². The lowest BCUT2D eigenvalue weighted by molar-refractivity contribution is -0.121. The maximum Gasteiger partial charge on any atom is 0.171 e. The van der Waals surface area contributed by atoms with Gasteiger partial charge in [0, 0.05) is 39.4 Å². The highest BCUT2D eigenvalue weighted by Gasteiger charge is 2.29. The van der Waals surface area contributed by atoms with Gasteiger partial charge in [-0.15, -0.1) is 0 Å². The van der Waals surface area contributed by atoms with Crippen molar-refractivity contribution in [1.82, 2.24) is 10.2 Å². The SMILES string of the molecule is COC(OC)C(C)NCC(C)(C)N1CCOCC1. The number of morpholine rings is 1. The standard InChI is InChI=1S/C13H28N2O3/c1-11(12(16-4)17-5)14-10-13(2,3)15-6-8-18-9-7-15/h11-12,14H,6-10H2,1-5H3. The highest BCUT2D eigenvalue weighted by Crippen LogP contribution is 2.15. The molecule has 1 fully saturated rings. The molecular weight excluding hydrogens is 232 g/mol. The van der Waals surface area contributed by atoms with Crippen molar-refractivity contribution in [1.29, 1.82) is 0 Å². The average molecular weight is 260 g/mol. The van der Waals surface area contributed by atoms with Gasteiger partial charge in [0.15, 0.2) is 6.29 Å². The second-order valence-corrected chi connectivity index (χ2v) is 5.42. The summed E-state index contributed by atoms with van der Waals surface area (Å²) in [4.78, 5) is 2.46. The minimum atomic E-state index is -0.203. The third kappa shape index (κ3) is 4.48. The van der Waals surface area contributed by atoms with Crippen molar-refractivity contribution >= 4 is 0 Å². The van der Waals surface area contributed by atoms with Crippen molar-refractivity contribution in [2.45, 2.75) is 38.6 Å². The highest BCUT2D eigenvalue weighted by atomic mass is 16.7. The molecular formula is C13H28N2O3. The molecule has 1 aliphatic rings. The molecule has 1 N–H and O–H groups in total. The molecule has 0 aromatic heterocycles. The topological polar surface area (TPSA) is 43.0 Å². The molecule has 1 heterocycles. The first-order valence-electron chi connectivity index (χ1n) is 6.63. The molecule has 0 saturated carbocycles. The average Bonchev–Trinajstić information content (AvgIpc) is 2.39. The molecule has 5 nitrogen and oxygen atoms in total. The smallest absolute Gasteiger partial charge is 0.171 e. The Morgan fingerprint density at radius 2 is 1.78 bits per heavy atom. The number of ether oxygens (including phenoxy) is 3. The summed E-state index contributed by atoms with van der Waals surface area (Å²) in [7, 11) is 3.33. The molecule has 0 aromatic rings. The van der Waals surface area contributed by atoms with Crippen LogP contribution < -0.4 is 5.32 Å². The molecule has 108 valence electrons. The highest BCUT2D eigenvalue weighted by molar-refractivity contribution is 4.86. The predicted molar refractivity (Wildman–Crippen MR) is 71.7 cm³/mol. The molecule has 0 spiro atoms. The van der Waals surface area contributed by atoms with Gasteiger partial charge in [0.2, 0.25) is 0 Å². The maximum atomic E-state index is 5.39. The largest absolute Gasteiger partial charge is 0.379 e. The number of hydrogen-bond acceptors (Lipinski definition) is 5. The molecule has 18 heavy (non-hydrogen) atoms. The monoisotopic (exact) mass is 260 g/mol. The Morgan fingerprint density at radius 3 is 2.28 bits per heavy atom. The molecule has 0 amide bonds. The van der Waals surface area contributed by atoms with Gasteiger partial charge in [-0.25, -0.2) is 0 Å². The number of methoxy groups -OCH3 is 2. The van der Waals surface area contributed by atoms with Crippen molar-refractivity contribution in [3.63, 3.8) is 0 Å². The van der Waals surface area contributed by atoms with Gasteiger partial charge < -0.3 is 19.5 Å². The number of nitrogens with zero attached hydrogens (tertiary/aromatic N) is 1. The van der Waals surface area contributed by atoms with Crippen LogP contribution in [0.1, 0.15) is 20.8 Å². The summed E-state index contributed by atoms with van der Waals surface area (Å²) in [5.74, 6) is 0. The second-order valence-electron chi connectivity index (χ2n) is 5.42. The molecule has 1 unspecified atom stereocenters. The molecule has 0 radical (unpaired) electrons. The van der Waals surface area contributed by atoms with Crippen LogP contribution >= 0.6 is 0 Å². The van der Waals surface area contributed by atoms with E-state index in [1.54, 1.807) is 14.2 Å². The fourth-order valence-corrected chi connectivity index (χ4v) is 2.29. The number of hydrogen-bond donors (Lipinski definition) is 1. The molecule has 5 heteroatoms. The Hall–Kier alpha value is -0.200. The van der Waals surface area contributed by atoms with Crippen molar-refractivity contribution in [2.24, 2.45) is 0 Å². The zero-order chi connectivity index (χ0) is 13.6. The third-order valence-electron chi connectivity index (χ3n) is 3.60. The first-order chi connectivity index (χ1) is 8.51. The summed E-state index contributed by atoms with van der Waals surface area (Å²) in [5, 5.41) is 3.49. The summed E-state index contributed by atoms with van der Waals surface area (Å²) in [5.41, 5.74) is 0.115. The third-order valence-corrected chi connectivity index (χ3v) is 3.60. The summed E-state index contributed by atoms with van der Waals surface area (Å²) < 4.78 is 15.9.